The summed E-state index contributed by atoms with van der Waals surface area (Å²) in [6, 6.07) is 28.1. The van der Waals surface area contributed by atoms with Crippen LogP contribution < -0.4 is 15.9 Å². The number of hydrogen-bond acceptors (Lipinski definition) is 5. The minimum absolute atomic E-state index is 0.219. The second kappa shape index (κ2) is 11.5. The molecule has 0 radical (unpaired) electrons. The first-order chi connectivity index (χ1) is 14.6. The Morgan fingerprint density at radius 3 is 1.45 bits per heavy atom. The molecule has 3 aromatic rings. The first-order valence-electron chi connectivity index (χ1n) is 9.83. The SMILES string of the molecule is CCCCS(=O)(=O)[O-].CS(=O)(=O)c1ccc([PH+](c2ccccc2)c2ccccc2)cc1. The van der Waals surface area contributed by atoms with Crippen LogP contribution in [0.1, 0.15) is 19.8 Å². The van der Waals surface area contributed by atoms with Gasteiger partial charge in [0.1, 0.15) is 15.9 Å². The quantitative estimate of drug-likeness (QED) is 0.385. The predicted octanol–water partition coefficient (Wildman–Crippen LogP) is 2.91. The van der Waals surface area contributed by atoms with E-state index in [-0.39, 0.29) is 5.75 Å². The number of sulfone groups is 1. The molecule has 0 aliphatic rings. The summed E-state index contributed by atoms with van der Waals surface area (Å²) in [5.41, 5.74) is 0. The smallest absolute Gasteiger partial charge is 0.175 e. The lowest BCUT2D eigenvalue weighted by atomic mass is 10.3. The van der Waals surface area contributed by atoms with Crippen LogP contribution in [0.3, 0.4) is 0 Å². The van der Waals surface area contributed by atoms with E-state index in [1.807, 2.05) is 55.5 Å². The molecule has 0 aliphatic carbocycles. The normalized spacial score (nSPS) is 11.6. The summed E-state index contributed by atoms with van der Waals surface area (Å²) in [6.45, 7) is 1.84. The number of unbranched alkanes of at least 4 members (excludes halogenated alkanes) is 1. The Kier molecular flexibility index (Phi) is 9.38. The average molecular weight is 479 g/mol. The van der Waals surface area contributed by atoms with E-state index in [4.69, 9.17) is 0 Å². The summed E-state index contributed by atoms with van der Waals surface area (Å²) >= 11 is 0. The van der Waals surface area contributed by atoms with Gasteiger partial charge in [-0.15, -0.1) is 0 Å². The van der Waals surface area contributed by atoms with Crippen LogP contribution in [-0.2, 0) is 20.0 Å². The van der Waals surface area contributed by atoms with Gasteiger partial charge in [0.2, 0.25) is 0 Å². The van der Waals surface area contributed by atoms with E-state index in [2.05, 4.69) is 24.3 Å². The zero-order chi connectivity index (χ0) is 22.9. The zero-order valence-corrected chi connectivity index (χ0v) is 20.2. The maximum atomic E-state index is 11.7. The van der Waals surface area contributed by atoms with Crippen molar-refractivity contribution in [2.24, 2.45) is 0 Å². The van der Waals surface area contributed by atoms with Crippen molar-refractivity contribution in [1.29, 1.82) is 0 Å². The molecular formula is C23H27O5PS2. The largest absolute Gasteiger partial charge is 0.748 e. The van der Waals surface area contributed by atoms with Crippen molar-refractivity contribution < 1.29 is 21.4 Å². The third-order valence-corrected chi connectivity index (χ3v) is 9.09. The summed E-state index contributed by atoms with van der Waals surface area (Å²) in [6.07, 6.45) is 2.47. The van der Waals surface area contributed by atoms with E-state index in [0.717, 1.165) is 6.42 Å². The highest BCUT2D eigenvalue weighted by Gasteiger charge is 2.25. The van der Waals surface area contributed by atoms with E-state index in [1.165, 1.54) is 22.2 Å². The highest BCUT2D eigenvalue weighted by Crippen LogP contribution is 2.32. The molecule has 0 saturated carbocycles. The van der Waals surface area contributed by atoms with Crippen molar-refractivity contribution in [2.75, 3.05) is 12.0 Å². The second-order valence-electron chi connectivity index (χ2n) is 7.02. The summed E-state index contributed by atoms with van der Waals surface area (Å²) in [7, 11) is -8.23. The fourth-order valence-electron chi connectivity index (χ4n) is 2.90. The highest BCUT2D eigenvalue weighted by atomic mass is 32.2. The van der Waals surface area contributed by atoms with Gasteiger partial charge >= 0.3 is 0 Å². The van der Waals surface area contributed by atoms with Crippen molar-refractivity contribution in [1.82, 2.24) is 0 Å². The molecule has 3 rings (SSSR count). The molecule has 0 heterocycles. The average Bonchev–Trinajstić information content (AvgIpc) is 2.74. The summed E-state index contributed by atoms with van der Waals surface area (Å²) in [5.74, 6) is -0.219. The van der Waals surface area contributed by atoms with Gasteiger partial charge in [-0.1, -0.05) is 49.7 Å². The van der Waals surface area contributed by atoms with Crippen molar-refractivity contribution in [3.63, 3.8) is 0 Å². The molecule has 0 atom stereocenters. The molecule has 0 amide bonds. The molecule has 31 heavy (non-hydrogen) atoms. The minimum atomic E-state index is -3.94. The number of hydrogen-bond donors (Lipinski definition) is 0. The van der Waals surface area contributed by atoms with Gasteiger partial charge in [0.05, 0.1) is 22.9 Å². The van der Waals surface area contributed by atoms with Crippen LogP contribution >= 0.6 is 7.92 Å². The molecule has 0 aliphatic heterocycles. The number of rotatable bonds is 7. The van der Waals surface area contributed by atoms with Gasteiger partial charge in [-0.25, -0.2) is 16.8 Å². The first-order valence-corrected chi connectivity index (χ1v) is 14.8. The zero-order valence-electron chi connectivity index (χ0n) is 17.6. The van der Waals surface area contributed by atoms with Gasteiger partial charge in [-0.3, -0.25) is 0 Å². The van der Waals surface area contributed by atoms with Crippen molar-refractivity contribution >= 4 is 43.8 Å². The van der Waals surface area contributed by atoms with Gasteiger partial charge < -0.3 is 4.55 Å². The van der Waals surface area contributed by atoms with E-state index >= 15 is 0 Å². The first kappa shape index (κ1) is 25.2. The molecule has 166 valence electrons. The molecule has 0 aromatic heterocycles. The van der Waals surface area contributed by atoms with E-state index in [1.54, 1.807) is 12.1 Å². The topological polar surface area (TPSA) is 91.3 Å². The second-order valence-corrected chi connectivity index (χ2v) is 13.0. The molecule has 8 heteroatoms. The Balaban J connectivity index is 0.000000366. The van der Waals surface area contributed by atoms with Gasteiger partial charge in [-0.2, -0.15) is 0 Å². The molecule has 3 aromatic carbocycles. The standard InChI is InChI=1S/C19H17O2PS.C4H10O3S/c1-23(20,21)19-14-12-18(13-15-19)22(16-8-4-2-5-9-16)17-10-6-3-7-11-17;1-2-3-4-8(5,6)7/h2-15H,1H3;2-4H2,1H3,(H,5,6,7). The van der Waals surface area contributed by atoms with Crippen molar-refractivity contribution in [3.8, 4) is 0 Å². The minimum Gasteiger partial charge on any atom is -0.748 e. The van der Waals surface area contributed by atoms with Crippen LogP contribution in [-0.4, -0.2) is 33.4 Å². The third-order valence-electron chi connectivity index (χ3n) is 4.44. The molecule has 0 bridgehead atoms. The lowest BCUT2D eigenvalue weighted by Gasteiger charge is -2.11. The Morgan fingerprint density at radius 1 is 0.710 bits per heavy atom. The van der Waals surface area contributed by atoms with Crippen LogP contribution in [0.15, 0.2) is 89.8 Å². The van der Waals surface area contributed by atoms with E-state index in [0.29, 0.717) is 11.3 Å². The van der Waals surface area contributed by atoms with Crippen LogP contribution in [0.4, 0.5) is 0 Å². The van der Waals surface area contributed by atoms with Crippen molar-refractivity contribution in [3.05, 3.63) is 84.9 Å². The predicted molar refractivity (Wildman–Crippen MR) is 129 cm³/mol. The molecular weight excluding hydrogens is 451 g/mol. The van der Waals surface area contributed by atoms with Crippen LogP contribution in [0, 0.1) is 0 Å². The molecule has 0 spiro atoms. The summed E-state index contributed by atoms with van der Waals surface area (Å²) in [4.78, 5) is 0.365. The lowest BCUT2D eigenvalue weighted by Crippen LogP contribution is -2.20. The lowest BCUT2D eigenvalue weighted by molar-refractivity contribution is 0.461. The van der Waals surface area contributed by atoms with Gasteiger partial charge in [0.15, 0.2) is 9.84 Å². The Bertz CT molecular complexity index is 1110. The Morgan fingerprint density at radius 2 is 1.13 bits per heavy atom. The fraction of sp³-hybridized carbons (Fsp3) is 0.217. The van der Waals surface area contributed by atoms with Crippen LogP contribution in [0.25, 0.3) is 0 Å². The number of benzene rings is 3. The van der Waals surface area contributed by atoms with Gasteiger partial charge in [0, 0.05) is 12.0 Å². The molecule has 0 fully saturated rings. The molecule has 0 saturated heterocycles. The monoisotopic (exact) mass is 478 g/mol. The molecule has 0 unspecified atom stereocenters. The van der Waals surface area contributed by atoms with Crippen LogP contribution in [0.2, 0.25) is 0 Å². The van der Waals surface area contributed by atoms with E-state index in [9.17, 15) is 21.4 Å². The maximum Gasteiger partial charge on any atom is 0.175 e. The summed E-state index contributed by atoms with van der Waals surface area (Å²) < 4.78 is 52.8. The highest BCUT2D eigenvalue weighted by molar-refractivity contribution is 7.90. The molecule has 5 nitrogen and oxygen atoms in total. The Hall–Kier alpha value is -2.05. The third kappa shape index (κ3) is 8.54. The van der Waals surface area contributed by atoms with Crippen molar-refractivity contribution in [2.45, 2.75) is 24.7 Å². The van der Waals surface area contributed by atoms with Gasteiger partial charge in [-0.05, 0) is 55.0 Å². The van der Waals surface area contributed by atoms with Gasteiger partial charge in [0.25, 0.3) is 0 Å². The van der Waals surface area contributed by atoms with E-state index < -0.39 is 27.9 Å². The van der Waals surface area contributed by atoms with Crippen LogP contribution in [0.5, 0.6) is 0 Å². The maximum absolute atomic E-state index is 11.7. The molecule has 0 N–H and O–H groups in total. The fourth-order valence-corrected chi connectivity index (χ4v) is 6.72. The summed E-state index contributed by atoms with van der Waals surface area (Å²) in [5, 5.41) is 3.76. The Labute approximate surface area is 186 Å².